The predicted molar refractivity (Wildman–Crippen MR) is 40.9 cm³/mol. The van der Waals surface area contributed by atoms with E-state index < -0.39 is 0 Å². The average molecular weight is 133 g/mol. The van der Waals surface area contributed by atoms with E-state index in [1.165, 1.54) is 0 Å². The Hall–Kier alpha value is -1.38. The summed E-state index contributed by atoms with van der Waals surface area (Å²) in [5, 5.41) is 0. The monoisotopic (exact) mass is 133 g/mol. The Morgan fingerprint density at radius 2 is 2.40 bits per heavy atom. The summed E-state index contributed by atoms with van der Waals surface area (Å²) in [7, 11) is 0. The highest BCUT2D eigenvalue weighted by molar-refractivity contribution is 5.95. The highest BCUT2D eigenvalue weighted by Crippen LogP contribution is 2.03. The molecule has 50 valence electrons. The lowest BCUT2D eigenvalue weighted by Gasteiger charge is -2.07. The number of allylic oxidation sites excluding steroid dienone is 2. The molecule has 0 saturated carbocycles. The quantitative estimate of drug-likeness (QED) is 0.479. The van der Waals surface area contributed by atoms with Crippen molar-refractivity contribution >= 4 is 12.2 Å². The van der Waals surface area contributed by atoms with Gasteiger partial charge in [-0.05, 0) is 12.2 Å². The third-order valence-corrected chi connectivity index (χ3v) is 1.40. The van der Waals surface area contributed by atoms with Gasteiger partial charge in [0, 0.05) is 18.6 Å². The van der Waals surface area contributed by atoms with Gasteiger partial charge < -0.3 is 4.90 Å². The summed E-state index contributed by atoms with van der Waals surface area (Å²) >= 11 is 0. The van der Waals surface area contributed by atoms with E-state index in [1.54, 1.807) is 6.20 Å². The van der Waals surface area contributed by atoms with E-state index in [1.807, 2.05) is 29.5 Å². The summed E-state index contributed by atoms with van der Waals surface area (Å²) in [5.41, 5.74) is 0. The second-order valence-electron chi connectivity index (χ2n) is 2.08. The lowest BCUT2D eigenvalue weighted by Crippen LogP contribution is -2.18. The Balaban J connectivity index is 2.36. The number of rotatable bonds is 0. The molecular weight excluding hydrogens is 126 g/mol. The van der Waals surface area contributed by atoms with Gasteiger partial charge in [0.25, 0.3) is 0 Å². The van der Waals surface area contributed by atoms with Crippen LogP contribution in [0, 0.1) is 0 Å². The minimum absolute atomic E-state index is 0.782. The number of guanidine groups is 1. The van der Waals surface area contributed by atoms with Crippen molar-refractivity contribution in [2.75, 3.05) is 6.54 Å². The Morgan fingerprint density at radius 1 is 1.40 bits per heavy atom. The summed E-state index contributed by atoms with van der Waals surface area (Å²) in [6, 6.07) is 0. The predicted octanol–water partition coefficient (Wildman–Crippen LogP) is 0.770. The van der Waals surface area contributed by atoms with Crippen LogP contribution >= 0.6 is 0 Å². The van der Waals surface area contributed by atoms with Crippen LogP contribution in [0.5, 0.6) is 0 Å². The van der Waals surface area contributed by atoms with Crippen LogP contribution in [0.15, 0.2) is 34.5 Å². The van der Waals surface area contributed by atoms with E-state index in [4.69, 9.17) is 0 Å². The van der Waals surface area contributed by atoms with Crippen LogP contribution in [-0.4, -0.2) is 23.6 Å². The van der Waals surface area contributed by atoms with Gasteiger partial charge in [0.05, 0.1) is 6.54 Å². The first-order valence-electron chi connectivity index (χ1n) is 3.17. The van der Waals surface area contributed by atoms with Crippen molar-refractivity contribution in [2.24, 2.45) is 9.98 Å². The van der Waals surface area contributed by atoms with Gasteiger partial charge in [-0.15, -0.1) is 0 Å². The van der Waals surface area contributed by atoms with Crippen LogP contribution in [-0.2, 0) is 0 Å². The molecule has 0 radical (unpaired) electrons. The molecule has 3 nitrogen and oxygen atoms in total. The van der Waals surface area contributed by atoms with Crippen LogP contribution in [0.3, 0.4) is 0 Å². The fourth-order valence-corrected chi connectivity index (χ4v) is 0.914. The molecule has 0 bridgehead atoms. The van der Waals surface area contributed by atoms with Crippen molar-refractivity contribution in [2.45, 2.75) is 0 Å². The molecule has 0 fully saturated rings. The van der Waals surface area contributed by atoms with E-state index in [-0.39, 0.29) is 0 Å². The molecule has 0 aromatic rings. The average Bonchev–Trinajstić information content (AvgIpc) is 2.28. The topological polar surface area (TPSA) is 28.0 Å². The van der Waals surface area contributed by atoms with Crippen molar-refractivity contribution < 1.29 is 0 Å². The lowest BCUT2D eigenvalue weighted by atomic mass is 10.5. The molecule has 0 unspecified atom stereocenters. The summed E-state index contributed by atoms with van der Waals surface area (Å²) in [4.78, 5) is 10.1. The van der Waals surface area contributed by atoms with E-state index in [2.05, 4.69) is 9.98 Å². The Morgan fingerprint density at radius 3 is 3.40 bits per heavy atom. The van der Waals surface area contributed by atoms with E-state index >= 15 is 0 Å². The standard InChI is InChI=1S/C7H7N3/c1-2-5-10-6-4-9-7(10)8-3-1/h1-5H,6H2. The third-order valence-electron chi connectivity index (χ3n) is 1.40. The van der Waals surface area contributed by atoms with Crippen LogP contribution in [0.4, 0.5) is 0 Å². The molecule has 2 aliphatic heterocycles. The van der Waals surface area contributed by atoms with Gasteiger partial charge in [0.1, 0.15) is 0 Å². The number of hydrogen-bond acceptors (Lipinski definition) is 3. The molecule has 2 heterocycles. The zero-order valence-corrected chi connectivity index (χ0v) is 5.44. The molecule has 10 heavy (non-hydrogen) atoms. The van der Waals surface area contributed by atoms with Crippen molar-refractivity contribution in [1.82, 2.24) is 4.90 Å². The van der Waals surface area contributed by atoms with Gasteiger partial charge in [-0.3, -0.25) is 0 Å². The molecule has 0 N–H and O–H groups in total. The molecule has 0 atom stereocenters. The summed E-state index contributed by atoms with van der Waals surface area (Å²) < 4.78 is 0. The Kier molecular flexibility index (Phi) is 1.13. The highest BCUT2D eigenvalue weighted by atomic mass is 15.3. The highest BCUT2D eigenvalue weighted by Gasteiger charge is 2.10. The van der Waals surface area contributed by atoms with Gasteiger partial charge in [-0.25, -0.2) is 9.98 Å². The third kappa shape index (κ3) is 0.757. The fraction of sp³-hybridized carbons (Fsp3) is 0.143. The first-order chi connectivity index (χ1) is 4.97. The second-order valence-corrected chi connectivity index (χ2v) is 2.08. The summed E-state index contributed by atoms with van der Waals surface area (Å²) in [6.07, 6.45) is 9.40. The number of nitrogens with zero attached hydrogens (tertiary/aromatic N) is 3. The van der Waals surface area contributed by atoms with Crippen molar-refractivity contribution in [1.29, 1.82) is 0 Å². The van der Waals surface area contributed by atoms with Crippen LogP contribution < -0.4 is 0 Å². The maximum atomic E-state index is 4.09. The molecule has 0 aromatic carbocycles. The normalized spacial score (nSPS) is 20.8. The first-order valence-corrected chi connectivity index (χ1v) is 3.17. The molecule has 0 aliphatic carbocycles. The molecule has 3 heteroatoms. The molecule has 0 amide bonds. The minimum Gasteiger partial charge on any atom is -0.312 e. The van der Waals surface area contributed by atoms with Gasteiger partial charge in [-0.1, -0.05) is 0 Å². The fourth-order valence-electron chi connectivity index (χ4n) is 0.914. The maximum absolute atomic E-state index is 4.09. The minimum atomic E-state index is 0.782. The van der Waals surface area contributed by atoms with Gasteiger partial charge in [0.2, 0.25) is 5.96 Å². The molecule has 2 rings (SSSR count). The molecule has 0 aromatic heterocycles. The number of fused-ring (bicyclic) bond motifs is 1. The first kappa shape index (κ1) is 5.41. The summed E-state index contributed by atoms with van der Waals surface area (Å²) in [5.74, 6) is 0.782. The van der Waals surface area contributed by atoms with Crippen LogP contribution in [0.1, 0.15) is 0 Å². The van der Waals surface area contributed by atoms with E-state index in [0.717, 1.165) is 12.5 Å². The van der Waals surface area contributed by atoms with Crippen LogP contribution in [0.2, 0.25) is 0 Å². The van der Waals surface area contributed by atoms with Crippen molar-refractivity contribution in [3.63, 3.8) is 0 Å². The maximum Gasteiger partial charge on any atom is 0.229 e. The smallest absolute Gasteiger partial charge is 0.229 e. The van der Waals surface area contributed by atoms with E-state index in [0.29, 0.717) is 0 Å². The van der Waals surface area contributed by atoms with Gasteiger partial charge in [0.15, 0.2) is 0 Å². The Bertz CT molecular complexity index is 248. The Labute approximate surface area is 59.1 Å². The molecule has 0 spiro atoms. The molecular formula is C7H7N3. The van der Waals surface area contributed by atoms with Crippen molar-refractivity contribution in [3.05, 3.63) is 24.6 Å². The summed E-state index contributed by atoms with van der Waals surface area (Å²) in [6.45, 7) is 0.844. The second kappa shape index (κ2) is 2.10. The zero-order valence-electron chi connectivity index (χ0n) is 5.44. The number of hydrogen-bond donors (Lipinski definition) is 0. The number of aliphatic imine (C=N–C) groups is 2. The van der Waals surface area contributed by atoms with Crippen molar-refractivity contribution in [3.8, 4) is 0 Å². The SMILES string of the molecule is C1=CN=C2N=CCN2C=C1. The van der Waals surface area contributed by atoms with Crippen LogP contribution in [0.25, 0.3) is 0 Å². The molecule has 2 aliphatic rings. The molecule has 0 saturated heterocycles. The zero-order chi connectivity index (χ0) is 6.81. The van der Waals surface area contributed by atoms with Gasteiger partial charge in [-0.2, -0.15) is 0 Å². The lowest BCUT2D eigenvalue weighted by molar-refractivity contribution is 0.659. The van der Waals surface area contributed by atoms with E-state index in [9.17, 15) is 0 Å². The van der Waals surface area contributed by atoms with Gasteiger partial charge >= 0.3 is 0 Å². The largest absolute Gasteiger partial charge is 0.312 e.